The molecule has 0 aliphatic heterocycles. The second-order valence-corrected chi connectivity index (χ2v) is 25.1. The molecule has 0 radical (unpaired) electrons. The maximum atomic E-state index is 14.9. The van der Waals surface area contributed by atoms with Crippen LogP contribution in [0, 0.1) is 0 Å². The minimum atomic E-state index is -4.57. The number of nitrogens with zero attached hydrogens (tertiary/aromatic N) is 6. The molecular formula is C87H51F3N6. The van der Waals surface area contributed by atoms with Crippen molar-refractivity contribution in [2.75, 3.05) is 0 Å². The molecule has 1 aliphatic carbocycles. The molecule has 5 heterocycles. The van der Waals surface area contributed by atoms with Gasteiger partial charge in [-0.25, -0.2) is 9.97 Å². The summed E-state index contributed by atoms with van der Waals surface area (Å²) in [6, 6.07) is 107. The topological polar surface area (TPSA) is 45.5 Å². The highest BCUT2D eigenvalue weighted by Crippen LogP contribution is 2.53. The lowest BCUT2D eigenvalue weighted by molar-refractivity contribution is -0.136. The van der Waals surface area contributed by atoms with E-state index < -0.39 is 11.7 Å². The third kappa shape index (κ3) is 8.01. The summed E-state index contributed by atoms with van der Waals surface area (Å²) in [5.41, 5.74) is 21.6. The van der Waals surface area contributed by atoms with Gasteiger partial charge in [0.15, 0.2) is 5.82 Å². The molecular weight excluding hydrogens is 1190 g/mol. The lowest BCUT2D eigenvalue weighted by Gasteiger charge is -2.15. The lowest BCUT2D eigenvalue weighted by Crippen LogP contribution is -2.05. The average molecular weight is 1240 g/mol. The second-order valence-electron chi connectivity index (χ2n) is 25.1. The number of halogens is 3. The highest BCUT2D eigenvalue weighted by Gasteiger charge is 2.37. The summed E-state index contributed by atoms with van der Waals surface area (Å²) in [7, 11) is 0. The molecule has 19 aromatic rings. The molecule has 0 N–H and O–H groups in total. The van der Waals surface area contributed by atoms with Crippen LogP contribution in [-0.4, -0.2) is 28.2 Å². The van der Waals surface area contributed by atoms with E-state index in [4.69, 9.17) is 9.97 Å². The fraction of sp³-hybridized carbons (Fsp3) is 0.0115. The molecule has 1 aliphatic rings. The van der Waals surface area contributed by atoms with Crippen LogP contribution in [0.3, 0.4) is 0 Å². The fourth-order valence-corrected chi connectivity index (χ4v) is 15.7. The molecule has 0 atom stereocenters. The van der Waals surface area contributed by atoms with E-state index in [1.54, 1.807) is 18.2 Å². The van der Waals surface area contributed by atoms with Gasteiger partial charge in [-0.05, 0) is 178 Å². The van der Waals surface area contributed by atoms with E-state index in [0.29, 0.717) is 39.3 Å². The first-order chi connectivity index (χ1) is 47.3. The van der Waals surface area contributed by atoms with Gasteiger partial charge < -0.3 is 18.3 Å². The summed E-state index contributed by atoms with van der Waals surface area (Å²) in [6.07, 6.45) is -4.57. The van der Waals surface area contributed by atoms with Crippen molar-refractivity contribution >= 4 is 98.0 Å². The van der Waals surface area contributed by atoms with Gasteiger partial charge in [0.2, 0.25) is 0 Å². The number of para-hydroxylation sites is 6. The first-order valence-electron chi connectivity index (χ1n) is 32.3. The number of hydrogen-bond acceptors (Lipinski definition) is 2. The van der Waals surface area contributed by atoms with Gasteiger partial charge in [-0.15, -0.1) is 0 Å². The van der Waals surface area contributed by atoms with Crippen molar-refractivity contribution in [3.05, 3.63) is 315 Å². The third-order valence-electron chi connectivity index (χ3n) is 19.9. The summed E-state index contributed by atoms with van der Waals surface area (Å²) >= 11 is 0. The maximum Gasteiger partial charge on any atom is 0.417 e. The second kappa shape index (κ2) is 20.5. The van der Waals surface area contributed by atoms with Crippen molar-refractivity contribution in [2.45, 2.75) is 6.18 Å². The van der Waals surface area contributed by atoms with E-state index in [1.807, 2.05) is 12.1 Å². The monoisotopic (exact) mass is 1240 g/mol. The highest BCUT2D eigenvalue weighted by atomic mass is 19.4. The van der Waals surface area contributed by atoms with Crippen molar-refractivity contribution in [1.82, 2.24) is 28.2 Å². The molecule has 9 heteroatoms. The van der Waals surface area contributed by atoms with Crippen LogP contribution >= 0.6 is 0 Å². The van der Waals surface area contributed by atoms with Crippen LogP contribution in [0.25, 0.3) is 188 Å². The zero-order valence-corrected chi connectivity index (χ0v) is 51.3. The molecule has 0 unspecified atom stereocenters. The van der Waals surface area contributed by atoms with Crippen molar-refractivity contribution < 1.29 is 13.2 Å². The Kier molecular flexibility index (Phi) is 11.5. The summed E-state index contributed by atoms with van der Waals surface area (Å²) in [5, 5.41) is 9.94. The summed E-state index contributed by atoms with van der Waals surface area (Å²) in [6.45, 7) is 0. The van der Waals surface area contributed by atoms with E-state index in [1.165, 1.54) is 33.1 Å². The molecule has 14 aromatic carbocycles. The summed E-state index contributed by atoms with van der Waals surface area (Å²) in [4.78, 5) is 10.9. The number of benzene rings is 14. The zero-order chi connectivity index (χ0) is 63.5. The molecule has 450 valence electrons. The Balaban J connectivity index is 0.702. The predicted octanol–water partition coefficient (Wildman–Crippen LogP) is 23.4. The molecule has 0 amide bonds. The first-order valence-corrected chi connectivity index (χ1v) is 32.3. The number of alkyl halides is 3. The minimum absolute atomic E-state index is 0.135. The van der Waals surface area contributed by atoms with Crippen molar-refractivity contribution in [3.63, 3.8) is 0 Å². The fourth-order valence-electron chi connectivity index (χ4n) is 15.7. The largest absolute Gasteiger partial charge is 0.417 e. The van der Waals surface area contributed by atoms with Gasteiger partial charge in [-0.1, -0.05) is 170 Å². The van der Waals surface area contributed by atoms with Crippen LogP contribution in [0.4, 0.5) is 13.2 Å². The molecule has 0 fully saturated rings. The highest BCUT2D eigenvalue weighted by molar-refractivity contribution is 6.19. The first kappa shape index (κ1) is 54.0. The van der Waals surface area contributed by atoms with Crippen LogP contribution in [-0.2, 0) is 6.18 Å². The zero-order valence-electron chi connectivity index (χ0n) is 51.3. The van der Waals surface area contributed by atoms with Gasteiger partial charge in [-0.3, -0.25) is 0 Å². The number of fused-ring (bicyclic) bond motifs is 15. The van der Waals surface area contributed by atoms with Gasteiger partial charge in [-0.2, -0.15) is 13.2 Å². The van der Waals surface area contributed by atoms with Gasteiger partial charge in [0.25, 0.3) is 0 Å². The van der Waals surface area contributed by atoms with E-state index in [0.717, 1.165) is 116 Å². The number of hydrogen-bond donors (Lipinski definition) is 0. The Morgan fingerprint density at radius 3 is 1.06 bits per heavy atom. The van der Waals surface area contributed by atoms with Crippen molar-refractivity contribution in [2.24, 2.45) is 0 Å². The van der Waals surface area contributed by atoms with Crippen LogP contribution in [0.15, 0.2) is 309 Å². The molecule has 0 bridgehead atoms. The van der Waals surface area contributed by atoms with Crippen molar-refractivity contribution in [1.29, 1.82) is 0 Å². The Labute approximate surface area is 547 Å². The van der Waals surface area contributed by atoms with Crippen LogP contribution < -0.4 is 0 Å². The Bertz CT molecular complexity index is 6490. The minimum Gasteiger partial charge on any atom is -0.309 e. The van der Waals surface area contributed by atoms with Gasteiger partial charge in [0, 0.05) is 88.1 Å². The van der Waals surface area contributed by atoms with Gasteiger partial charge in [0.05, 0.1) is 61.1 Å². The Hall–Kier alpha value is -12.6. The molecule has 96 heavy (non-hydrogen) atoms. The lowest BCUT2D eigenvalue weighted by atomic mass is 9.96. The number of rotatable bonds is 8. The van der Waals surface area contributed by atoms with Crippen molar-refractivity contribution in [3.8, 4) is 90.0 Å². The molecule has 20 rings (SSSR count). The molecule has 0 saturated heterocycles. The van der Waals surface area contributed by atoms with E-state index in [2.05, 4.69) is 291 Å². The average Bonchev–Trinajstić information content (AvgIpc) is 1.56. The molecule has 5 aromatic heterocycles. The van der Waals surface area contributed by atoms with E-state index in [-0.39, 0.29) is 5.39 Å². The Morgan fingerprint density at radius 1 is 0.240 bits per heavy atom. The normalized spacial score (nSPS) is 12.3. The van der Waals surface area contributed by atoms with Crippen LogP contribution in [0.2, 0.25) is 0 Å². The Morgan fingerprint density at radius 2 is 0.604 bits per heavy atom. The standard InChI is InChI=1S/C87H51F3N6/c88-87(89,90)73-42-41-67-82-66(73)27-16-28-68(82)85-83(67)84(57-17-15-22-61(47-57)96-77-32-14-10-26-65(77)72-51-56(38-46-81(72)96)54-36-44-79-70(49-54)63-24-8-12-30-75(63)94(79)59-20-5-2-6-21-59)91-86(92-85)52-33-39-60(40-34-52)95-76-31-13-9-25-64(76)71-50-55(37-45-80(71)95)53-35-43-78-69(48-53)62-23-7-11-29-74(62)93(78)58-18-3-1-4-19-58/h1-51H. The quantitative estimate of drug-likeness (QED) is 0.152. The summed E-state index contributed by atoms with van der Waals surface area (Å²) in [5.74, 6) is 0.462. The third-order valence-corrected chi connectivity index (χ3v) is 19.9. The van der Waals surface area contributed by atoms with E-state index >= 15 is 0 Å². The van der Waals surface area contributed by atoms with E-state index in [9.17, 15) is 13.2 Å². The molecule has 0 saturated carbocycles. The van der Waals surface area contributed by atoms with Gasteiger partial charge in [0.1, 0.15) is 0 Å². The molecule has 6 nitrogen and oxygen atoms in total. The SMILES string of the molecule is FC(F)(F)c1ccc2c3c(cccc13)-c1nc(-c3ccc(-n4c5ccccc5c5cc(-c6ccc7c(c6)c6ccccc6n7-c6ccccc6)ccc54)cc3)nc(-c3cccc(-n4c5ccccc5c5cc(-c6ccc7c(c6)c6ccccc6n7-c6ccccc6)ccc54)c3)c1-2. The maximum absolute atomic E-state index is 14.9. The predicted molar refractivity (Wildman–Crippen MR) is 388 cm³/mol. The van der Waals surface area contributed by atoms with Crippen LogP contribution in [0.5, 0.6) is 0 Å². The molecule has 0 spiro atoms. The smallest absolute Gasteiger partial charge is 0.309 e. The van der Waals surface area contributed by atoms with Crippen LogP contribution in [0.1, 0.15) is 5.56 Å². The summed E-state index contributed by atoms with van der Waals surface area (Å²) < 4.78 is 54.1. The number of aromatic nitrogens is 6. The van der Waals surface area contributed by atoms with Gasteiger partial charge >= 0.3 is 6.18 Å².